The summed E-state index contributed by atoms with van der Waals surface area (Å²) in [5, 5.41) is 8.62. The van der Waals surface area contributed by atoms with Gasteiger partial charge in [-0.25, -0.2) is 8.78 Å². The molecule has 1 aromatic rings. The summed E-state index contributed by atoms with van der Waals surface area (Å²) in [5.74, 6) is 0.491. The van der Waals surface area contributed by atoms with Crippen LogP contribution in [0.25, 0.3) is 0 Å². The highest BCUT2D eigenvalue weighted by Gasteiger charge is 2.10. The number of benzene rings is 1. The first-order valence-electron chi connectivity index (χ1n) is 5.01. The van der Waals surface area contributed by atoms with Crippen LogP contribution in [0.1, 0.15) is 29.5 Å². The third-order valence-corrected chi connectivity index (χ3v) is 2.60. The molecule has 0 bridgehead atoms. The first kappa shape index (κ1) is 12.9. The monoisotopic (exact) mass is 243 g/mol. The summed E-state index contributed by atoms with van der Waals surface area (Å²) in [7, 11) is 0. The largest absolute Gasteiger partial charge is 0.263 e. The Kier molecular flexibility index (Phi) is 5.21. The van der Waals surface area contributed by atoms with E-state index < -0.39 is 6.43 Å². The number of alkyl halides is 3. The molecule has 0 N–H and O–H groups in total. The van der Waals surface area contributed by atoms with Crippen molar-refractivity contribution in [3.63, 3.8) is 0 Å². The second kappa shape index (κ2) is 6.44. The van der Waals surface area contributed by atoms with Gasteiger partial charge < -0.3 is 0 Å². The summed E-state index contributed by atoms with van der Waals surface area (Å²) < 4.78 is 25.0. The number of halogens is 3. The van der Waals surface area contributed by atoms with E-state index in [-0.39, 0.29) is 12.0 Å². The smallest absolute Gasteiger partial charge is 0.205 e. The van der Waals surface area contributed by atoms with Crippen molar-refractivity contribution >= 4 is 11.6 Å². The van der Waals surface area contributed by atoms with Crippen LogP contribution in [0.4, 0.5) is 8.78 Å². The molecule has 0 aliphatic heterocycles. The second-order valence-corrected chi connectivity index (χ2v) is 3.83. The molecule has 0 fully saturated rings. The van der Waals surface area contributed by atoms with Gasteiger partial charge in [0, 0.05) is 11.4 Å². The average Bonchev–Trinajstić information content (AvgIpc) is 2.27. The van der Waals surface area contributed by atoms with E-state index in [2.05, 4.69) is 0 Å². The fourth-order valence-corrected chi connectivity index (χ4v) is 1.66. The molecule has 0 heterocycles. The summed E-state index contributed by atoms with van der Waals surface area (Å²) in [6, 6.07) is 6.49. The molecule has 16 heavy (non-hydrogen) atoms. The molecule has 0 saturated carbocycles. The van der Waals surface area contributed by atoms with Crippen molar-refractivity contribution in [1.82, 2.24) is 0 Å². The Morgan fingerprint density at radius 3 is 2.62 bits per heavy atom. The fourth-order valence-electron chi connectivity index (χ4n) is 1.53. The first-order valence-corrected chi connectivity index (χ1v) is 5.55. The van der Waals surface area contributed by atoms with Gasteiger partial charge in [0.25, 0.3) is 6.43 Å². The van der Waals surface area contributed by atoms with Crippen LogP contribution in [0, 0.1) is 11.3 Å². The van der Waals surface area contributed by atoms with E-state index in [0.29, 0.717) is 12.3 Å². The molecule has 0 amide bonds. The molecule has 0 unspecified atom stereocenters. The van der Waals surface area contributed by atoms with Gasteiger partial charge in [0.15, 0.2) is 0 Å². The quantitative estimate of drug-likeness (QED) is 0.721. The van der Waals surface area contributed by atoms with Gasteiger partial charge in [-0.2, -0.15) is 5.26 Å². The SMILES string of the molecule is N#CCc1ccc(C(F)F)cc1CCCCl. The Hall–Kier alpha value is -1.14. The van der Waals surface area contributed by atoms with Crippen molar-refractivity contribution in [3.8, 4) is 6.07 Å². The highest BCUT2D eigenvalue weighted by Crippen LogP contribution is 2.23. The number of hydrogen-bond donors (Lipinski definition) is 0. The molecule has 1 nitrogen and oxygen atoms in total. The van der Waals surface area contributed by atoms with Crippen LogP contribution in [0.3, 0.4) is 0 Å². The summed E-state index contributed by atoms with van der Waals surface area (Å²) in [5.41, 5.74) is 1.63. The maximum absolute atomic E-state index is 12.5. The highest BCUT2D eigenvalue weighted by molar-refractivity contribution is 6.17. The Morgan fingerprint density at radius 1 is 1.31 bits per heavy atom. The van der Waals surface area contributed by atoms with Crippen molar-refractivity contribution in [1.29, 1.82) is 5.26 Å². The Morgan fingerprint density at radius 2 is 2.06 bits per heavy atom. The van der Waals surface area contributed by atoms with Crippen molar-refractivity contribution in [3.05, 3.63) is 34.9 Å². The van der Waals surface area contributed by atoms with E-state index in [9.17, 15) is 8.78 Å². The number of hydrogen-bond acceptors (Lipinski definition) is 1. The third-order valence-electron chi connectivity index (χ3n) is 2.33. The van der Waals surface area contributed by atoms with Crippen molar-refractivity contribution < 1.29 is 8.78 Å². The number of nitriles is 1. The Bertz CT molecular complexity index is 385. The number of rotatable bonds is 5. The molecule has 1 rings (SSSR count). The summed E-state index contributed by atoms with van der Waals surface area (Å²) in [4.78, 5) is 0. The van der Waals surface area contributed by atoms with Gasteiger partial charge in [-0.3, -0.25) is 0 Å². The van der Waals surface area contributed by atoms with Gasteiger partial charge in [-0.05, 0) is 30.0 Å². The predicted molar refractivity (Wildman–Crippen MR) is 59.8 cm³/mol. The minimum absolute atomic E-state index is 0.00580. The third kappa shape index (κ3) is 3.46. The second-order valence-electron chi connectivity index (χ2n) is 3.46. The lowest BCUT2D eigenvalue weighted by Gasteiger charge is -2.08. The van der Waals surface area contributed by atoms with Gasteiger partial charge in [-0.15, -0.1) is 11.6 Å². The zero-order valence-corrected chi connectivity index (χ0v) is 9.47. The van der Waals surface area contributed by atoms with Crippen LogP contribution in [-0.4, -0.2) is 5.88 Å². The van der Waals surface area contributed by atoms with Gasteiger partial charge in [-0.1, -0.05) is 12.1 Å². The first-order chi connectivity index (χ1) is 7.69. The minimum Gasteiger partial charge on any atom is -0.205 e. The molecule has 0 aliphatic rings. The van der Waals surface area contributed by atoms with Crippen LogP contribution in [0.5, 0.6) is 0 Å². The molecule has 0 spiro atoms. The fraction of sp³-hybridized carbons (Fsp3) is 0.417. The zero-order chi connectivity index (χ0) is 12.0. The standard InChI is InChI=1S/C12H12ClF2N/c13-6-1-2-10-8-11(12(14)15)4-3-9(10)5-7-16/h3-4,8,12H,1-2,5-6H2. The van der Waals surface area contributed by atoms with E-state index in [1.54, 1.807) is 6.07 Å². The lowest BCUT2D eigenvalue weighted by Crippen LogP contribution is -1.97. The van der Waals surface area contributed by atoms with E-state index in [4.69, 9.17) is 16.9 Å². The minimum atomic E-state index is -2.47. The maximum atomic E-state index is 12.5. The molecule has 0 saturated heterocycles. The molecule has 0 aromatic heterocycles. The van der Waals surface area contributed by atoms with Crippen LogP contribution in [-0.2, 0) is 12.8 Å². The van der Waals surface area contributed by atoms with Crippen LogP contribution < -0.4 is 0 Å². The number of aryl methyl sites for hydroxylation is 1. The molecular weight excluding hydrogens is 232 g/mol. The van der Waals surface area contributed by atoms with Gasteiger partial charge in [0.05, 0.1) is 12.5 Å². The summed E-state index contributed by atoms with van der Waals surface area (Å²) >= 11 is 5.57. The van der Waals surface area contributed by atoms with E-state index >= 15 is 0 Å². The Balaban J connectivity index is 2.96. The maximum Gasteiger partial charge on any atom is 0.263 e. The van der Waals surface area contributed by atoms with Crippen molar-refractivity contribution in [2.24, 2.45) is 0 Å². The van der Waals surface area contributed by atoms with Gasteiger partial charge >= 0.3 is 0 Å². The molecule has 0 radical (unpaired) electrons. The number of nitrogens with zero attached hydrogens (tertiary/aromatic N) is 1. The van der Waals surface area contributed by atoms with Crippen molar-refractivity contribution in [2.75, 3.05) is 5.88 Å². The van der Waals surface area contributed by atoms with Gasteiger partial charge in [0.1, 0.15) is 0 Å². The summed E-state index contributed by atoms with van der Waals surface area (Å²) in [6.45, 7) is 0. The van der Waals surface area contributed by atoms with E-state index in [1.165, 1.54) is 12.1 Å². The predicted octanol–water partition coefficient (Wildman–Crippen LogP) is 3.86. The van der Waals surface area contributed by atoms with Crippen LogP contribution in [0.15, 0.2) is 18.2 Å². The van der Waals surface area contributed by atoms with Crippen molar-refractivity contribution in [2.45, 2.75) is 25.7 Å². The molecule has 1 aromatic carbocycles. The molecular formula is C12H12ClF2N. The molecule has 4 heteroatoms. The van der Waals surface area contributed by atoms with Crippen LogP contribution >= 0.6 is 11.6 Å². The lowest BCUT2D eigenvalue weighted by molar-refractivity contribution is 0.151. The normalized spacial score (nSPS) is 10.4. The average molecular weight is 244 g/mol. The van der Waals surface area contributed by atoms with Gasteiger partial charge in [0.2, 0.25) is 0 Å². The molecule has 86 valence electrons. The van der Waals surface area contributed by atoms with E-state index in [0.717, 1.165) is 17.5 Å². The molecule has 0 atom stereocenters. The van der Waals surface area contributed by atoms with E-state index in [1.807, 2.05) is 6.07 Å². The Labute approximate surface area is 98.6 Å². The molecule has 0 aliphatic carbocycles. The lowest BCUT2D eigenvalue weighted by atomic mass is 9.98. The van der Waals surface area contributed by atoms with Crippen LogP contribution in [0.2, 0.25) is 0 Å². The highest BCUT2D eigenvalue weighted by atomic mass is 35.5. The topological polar surface area (TPSA) is 23.8 Å². The summed E-state index contributed by atoms with van der Waals surface area (Å²) in [6.07, 6.45) is -0.847. The zero-order valence-electron chi connectivity index (χ0n) is 8.72.